The number of amides is 1. The first-order chi connectivity index (χ1) is 13.9. The molecule has 1 aliphatic rings. The molecular weight excluding hydrogens is 404 g/mol. The smallest absolute Gasteiger partial charge is 0.387 e. The Morgan fingerprint density at radius 1 is 1.14 bits per heavy atom. The van der Waals surface area contributed by atoms with Crippen LogP contribution in [0.4, 0.5) is 8.78 Å². The van der Waals surface area contributed by atoms with Gasteiger partial charge in [-0.25, -0.2) is 13.8 Å². The van der Waals surface area contributed by atoms with E-state index in [0.717, 1.165) is 12.8 Å². The molecule has 1 saturated heterocycles. The van der Waals surface area contributed by atoms with Crippen molar-refractivity contribution < 1.29 is 26.7 Å². The van der Waals surface area contributed by atoms with Gasteiger partial charge in [-0.2, -0.15) is 18.2 Å². The lowest BCUT2D eigenvalue weighted by molar-refractivity contribution is -0.0498. The maximum absolute atomic E-state index is 12.6. The summed E-state index contributed by atoms with van der Waals surface area (Å²) in [7, 11) is -3.62. The number of hydrogen-bond donors (Lipinski definition) is 1. The van der Waals surface area contributed by atoms with Gasteiger partial charge in [-0.05, 0) is 60.9 Å². The molecule has 0 aliphatic carbocycles. The first-order valence-corrected chi connectivity index (χ1v) is 10.3. The number of alkyl halides is 2. The summed E-state index contributed by atoms with van der Waals surface area (Å²) in [5.74, 6) is -0.561. The maximum atomic E-state index is 12.6. The van der Waals surface area contributed by atoms with Gasteiger partial charge in [0.2, 0.25) is 10.0 Å². The van der Waals surface area contributed by atoms with Crippen molar-refractivity contribution in [2.24, 2.45) is 5.10 Å². The molecule has 0 bridgehead atoms. The Bertz CT molecular complexity index is 989. The van der Waals surface area contributed by atoms with Crippen LogP contribution >= 0.6 is 0 Å². The molecule has 1 amide bonds. The number of carbonyl (C=O) groups excluding carboxylic acids is 1. The van der Waals surface area contributed by atoms with Crippen LogP contribution in [-0.4, -0.2) is 44.5 Å². The minimum atomic E-state index is -3.62. The van der Waals surface area contributed by atoms with E-state index in [0.29, 0.717) is 18.7 Å². The molecule has 0 aromatic heterocycles. The Kier molecular flexibility index (Phi) is 6.55. The summed E-state index contributed by atoms with van der Waals surface area (Å²) in [6, 6.07) is 11.5. The van der Waals surface area contributed by atoms with Crippen LogP contribution in [0.15, 0.2) is 58.5 Å². The van der Waals surface area contributed by atoms with Gasteiger partial charge >= 0.3 is 6.61 Å². The number of nitrogens with zero attached hydrogens (tertiary/aromatic N) is 2. The van der Waals surface area contributed by atoms with E-state index >= 15 is 0 Å². The predicted octanol–water partition coefficient (Wildman–Crippen LogP) is 2.84. The van der Waals surface area contributed by atoms with Crippen LogP contribution in [0.2, 0.25) is 0 Å². The predicted molar refractivity (Wildman–Crippen MR) is 103 cm³/mol. The molecule has 3 rings (SSSR count). The number of nitrogens with one attached hydrogen (secondary N) is 1. The molecule has 1 heterocycles. The van der Waals surface area contributed by atoms with Crippen LogP contribution < -0.4 is 10.2 Å². The van der Waals surface area contributed by atoms with E-state index in [1.165, 1.54) is 59.1 Å². The van der Waals surface area contributed by atoms with Crippen LogP contribution in [0.3, 0.4) is 0 Å². The summed E-state index contributed by atoms with van der Waals surface area (Å²) >= 11 is 0. The zero-order valence-corrected chi connectivity index (χ0v) is 16.1. The molecule has 1 N–H and O–H groups in total. The van der Waals surface area contributed by atoms with Crippen molar-refractivity contribution in [2.45, 2.75) is 24.3 Å². The van der Waals surface area contributed by atoms with Crippen molar-refractivity contribution in [2.75, 3.05) is 13.1 Å². The molecule has 0 radical (unpaired) electrons. The Morgan fingerprint density at radius 2 is 1.83 bits per heavy atom. The third kappa shape index (κ3) is 5.36. The monoisotopic (exact) mass is 423 g/mol. The lowest BCUT2D eigenvalue weighted by Gasteiger charge is -2.15. The fourth-order valence-corrected chi connectivity index (χ4v) is 4.40. The van der Waals surface area contributed by atoms with Gasteiger partial charge in [0, 0.05) is 18.7 Å². The number of ether oxygens (including phenoxy) is 1. The number of rotatable bonds is 7. The molecule has 0 atom stereocenters. The van der Waals surface area contributed by atoms with Crippen LogP contribution in [0.5, 0.6) is 5.75 Å². The van der Waals surface area contributed by atoms with Crippen molar-refractivity contribution in [1.29, 1.82) is 0 Å². The van der Waals surface area contributed by atoms with Gasteiger partial charge in [-0.3, -0.25) is 4.79 Å². The molecule has 10 heteroatoms. The molecular formula is C19H19F2N3O4S. The average Bonchev–Trinajstić information content (AvgIpc) is 3.25. The lowest BCUT2D eigenvalue weighted by Crippen LogP contribution is -2.28. The number of benzene rings is 2. The highest BCUT2D eigenvalue weighted by Crippen LogP contribution is 2.21. The van der Waals surface area contributed by atoms with Gasteiger partial charge in [-0.15, -0.1) is 0 Å². The maximum Gasteiger partial charge on any atom is 0.387 e. The lowest BCUT2D eigenvalue weighted by atomic mass is 10.2. The van der Waals surface area contributed by atoms with Crippen LogP contribution in [0.1, 0.15) is 28.8 Å². The molecule has 0 unspecified atom stereocenters. The summed E-state index contributed by atoms with van der Waals surface area (Å²) in [6.07, 6.45) is 2.97. The van der Waals surface area contributed by atoms with E-state index in [1.54, 1.807) is 0 Å². The fourth-order valence-electron chi connectivity index (χ4n) is 2.84. The highest BCUT2D eigenvalue weighted by atomic mass is 32.2. The first-order valence-electron chi connectivity index (χ1n) is 8.85. The third-order valence-corrected chi connectivity index (χ3v) is 6.18. The summed E-state index contributed by atoms with van der Waals surface area (Å²) in [5, 5.41) is 3.80. The van der Waals surface area contributed by atoms with Crippen molar-refractivity contribution in [3.63, 3.8) is 0 Å². The molecule has 0 spiro atoms. The standard InChI is InChI=1S/C19H19F2N3O4S/c20-19(21)28-16-8-6-14(7-9-16)13-22-23-18(25)15-4-3-5-17(12-15)29(26,27)24-10-1-2-11-24/h3-9,12-13,19H,1-2,10-11H2,(H,23,25)/b22-13-. The zero-order valence-electron chi connectivity index (χ0n) is 15.3. The van der Waals surface area contributed by atoms with Gasteiger partial charge in [0.25, 0.3) is 5.91 Å². The van der Waals surface area contributed by atoms with Crippen LogP contribution in [0, 0.1) is 0 Å². The zero-order chi connectivity index (χ0) is 20.9. The number of halogens is 2. The number of sulfonamides is 1. The molecule has 2 aromatic rings. The second kappa shape index (κ2) is 9.10. The van der Waals surface area contributed by atoms with Gasteiger partial charge in [0.15, 0.2) is 0 Å². The van der Waals surface area contributed by atoms with E-state index in [9.17, 15) is 22.0 Å². The van der Waals surface area contributed by atoms with E-state index < -0.39 is 22.5 Å². The molecule has 1 fully saturated rings. The third-order valence-electron chi connectivity index (χ3n) is 4.28. The van der Waals surface area contributed by atoms with Gasteiger partial charge in [-0.1, -0.05) is 6.07 Å². The molecule has 1 aliphatic heterocycles. The Labute approximate surface area is 167 Å². The SMILES string of the molecule is O=C(N/N=C\c1ccc(OC(F)F)cc1)c1cccc(S(=O)(=O)N2CCCC2)c1. The normalized spacial score (nSPS) is 15.1. The molecule has 0 saturated carbocycles. The highest BCUT2D eigenvalue weighted by molar-refractivity contribution is 7.89. The van der Waals surface area contributed by atoms with Gasteiger partial charge in [0.05, 0.1) is 11.1 Å². The Hall–Kier alpha value is -2.85. The average molecular weight is 423 g/mol. The van der Waals surface area contributed by atoms with Crippen molar-refractivity contribution in [3.8, 4) is 5.75 Å². The fraction of sp³-hybridized carbons (Fsp3) is 0.263. The summed E-state index contributed by atoms with van der Waals surface area (Å²) in [6.45, 7) is -1.95. The summed E-state index contributed by atoms with van der Waals surface area (Å²) < 4.78 is 55.1. The van der Waals surface area contributed by atoms with E-state index in [2.05, 4.69) is 15.3 Å². The Balaban J connectivity index is 1.64. The summed E-state index contributed by atoms with van der Waals surface area (Å²) in [4.78, 5) is 12.3. The largest absolute Gasteiger partial charge is 0.435 e. The molecule has 7 nitrogen and oxygen atoms in total. The molecule has 29 heavy (non-hydrogen) atoms. The summed E-state index contributed by atoms with van der Waals surface area (Å²) in [5.41, 5.74) is 3.02. The van der Waals surface area contributed by atoms with Gasteiger partial charge in [0.1, 0.15) is 5.75 Å². The second-order valence-electron chi connectivity index (χ2n) is 6.29. The van der Waals surface area contributed by atoms with Crippen molar-refractivity contribution in [1.82, 2.24) is 9.73 Å². The van der Waals surface area contributed by atoms with Crippen molar-refractivity contribution >= 4 is 22.1 Å². The number of hydrogen-bond acceptors (Lipinski definition) is 5. The first kappa shape index (κ1) is 20.9. The van der Waals surface area contributed by atoms with E-state index in [4.69, 9.17) is 0 Å². The van der Waals surface area contributed by atoms with Gasteiger partial charge < -0.3 is 4.74 Å². The minimum absolute atomic E-state index is 0.0113. The second-order valence-corrected chi connectivity index (χ2v) is 8.22. The molecule has 2 aromatic carbocycles. The topological polar surface area (TPSA) is 88.1 Å². The highest BCUT2D eigenvalue weighted by Gasteiger charge is 2.27. The molecule has 154 valence electrons. The number of carbonyl (C=O) groups is 1. The quantitative estimate of drug-likeness (QED) is 0.548. The van der Waals surface area contributed by atoms with Crippen molar-refractivity contribution in [3.05, 3.63) is 59.7 Å². The number of hydrazone groups is 1. The van der Waals surface area contributed by atoms with E-state index in [-0.39, 0.29) is 16.2 Å². The van der Waals surface area contributed by atoms with Crippen LogP contribution in [0.25, 0.3) is 0 Å². The Morgan fingerprint density at radius 3 is 2.48 bits per heavy atom. The van der Waals surface area contributed by atoms with E-state index in [1.807, 2.05) is 0 Å². The minimum Gasteiger partial charge on any atom is -0.435 e. The van der Waals surface area contributed by atoms with Crippen LogP contribution in [-0.2, 0) is 10.0 Å².